The summed E-state index contributed by atoms with van der Waals surface area (Å²) in [4.78, 5) is 0. The Bertz CT molecular complexity index is 565. The highest BCUT2D eigenvalue weighted by Gasteiger charge is 2.16. The Kier molecular flexibility index (Phi) is 16.2. The maximum absolute atomic E-state index is 4.69. The molecule has 1 aliphatic heterocycles. The number of hydrogen-bond acceptors (Lipinski definition) is 5. The molecular weight excluding hydrogens is 418 g/mol. The minimum atomic E-state index is 0.910. The number of benzene rings is 1. The summed E-state index contributed by atoms with van der Waals surface area (Å²) in [5.74, 6) is 0.910. The first-order valence-corrected chi connectivity index (χ1v) is 14.6. The molecule has 0 aromatic heterocycles. The van der Waals surface area contributed by atoms with Crippen LogP contribution in [0.25, 0.3) is 0 Å². The first-order valence-electron chi connectivity index (χ1n) is 12.8. The van der Waals surface area contributed by atoms with E-state index in [4.69, 9.17) is 0 Å². The highest BCUT2D eigenvalue weighted by molar-refractivity contribution is 8.38. The fourth-order valence-corrected chi connectivity index (χ4v) is 5.59. The molecule has 2 rings (SSSR count). The monoisotopic (exact) mass is 463 g/mol. The molecule has 1 heterocycles. The highest BCUT2D eigenvalue weighted by Crippen LogP contribution is 2.28. The molecule has 0 unspecified atom stereocenters. The van der Waals surface area contributed by atoms with E-state index in [1.807, 2.05) is 17.8 Å². The molecule has 3 nitrogen and oxygen atoms in total. The molecule has 1 aromatic rings. The third kappa shape index (κ3) is 13.5. The van der Waals surface area contributed by atoms with Crippen LogP contribution in [0.15, 0.2) is 35.4 Å². The van der Waals surface area contributed by atoms with Crippen LogP contribution in [0.4, 0.5) is 5.69 Å². The first kappa shape index (κ1) is 26.6. The van der Waals surface area contributed by atoms with Crippen molar-refractivity contribution in [1.29, 1.82) is 0 Å². The zero-order chi connectivity index (χ0) is 21.8. The minimum Gasteiger partial charge on any atom is -0.258 e. The van der Waals surface area contributed by atoms with Gasteiger partial charge in [-0.2, -0.15) is 5.10 Å². The summed E-state index contributed by atoms with van der Waals surface area (Å²) in [5.41, 5.74) is 1.17. The first-order chi connectivity index (χ1) is 15.4. The van der Waals surface area contributed by atoms with Crippen LogP contribution in [-0.2, 0) is 0 Å². The van der Waals surface area contributed by atoms with Crippen molar-refractivity contribution in [1.82, 2.24) is 4.72 Å². The van der Waals surface area contributed by atoms with E-state index in [1.165, 1.54) is 108 Å². The zero-order valence-corrected chi connectivity index (χ0v) is 21.5. The molecule has 0 bridgehead atoms. The zero-order valence-electron chi connectivity index (χ0n) is 19.8. The van der Waals surface area contributed by atoms with Crippen molar-refractivity contribution in [3.05, 3.63) is 30.3 Å². The second-order valence-electron chi connectivity index (χ2n) is 8.67. The average Bonchev–Trinajstić information content (AvgIpc) is 3.28. The van der Waals surface area contributed by atoms with E-state index in [-0.39, 0.29) is 0 Å². The molecule has 31 heavy (non-hydrogen) atoms. The lowest BCUT2D eigenvalue weighted by Crippen LogP contribution is -2.10. The standard InChI is InChI=1S/C26H45N3S2/c1-2-3-4-5-6-7-8-9-10-11-12-13-14-15-16-20-23-27-31-26-28-29(24-30-26)25-21-18-17-19-22-25/h17-19,21-22,27H,2-16,20,23-24H2,1H3. The molecule has 0 saturated carbocycles. The Hall–Kier alpha value is -0.650. The lowest BCUT2D eigenvalue weighted by atomic mass is 10.0. The SMILES string of the molecule is CCCCCCCCCCCCCCCCCCNSC1=NN(c2ccccc2)CS1. The van der Waals surface area contributed by atoms with Gasteiger partial charge >= 0.3 is 0 Å². The van der Waals surface area contributed by atoms with Crippen molar-refractivity contribution >= 4 is 33.8 Å². The van der Waals surface area contributed by atoms with Gasteiger partial charge in [-0.15, -0.1) is 0 Å². The number of nitrogens with one attached hydrogen (secondary N) is 1. The van der Waals surface area contributed by atoms with Crippen LogP contribution < -0.4 is 9.73 Å². The molecule has 0 amide bonds. The number of hydrogen-bond donors (Lipinski definition) is 1. The molecule has 0 radical (unpaired) electrons. The Labute approximate surface area is 200 Å². The molecular formula is C26H45N3S2. The molecule has 1 aromatic carbocycles. The predicted octanol–water partition coefficient (Wildman–Crippen LogP) is 8.97. The fourth-order valence-electron chi connectivity index (χ4n) is 3.91. The number of anilines is 1. The van der Waals surface area contributed by atoms with Gasteiger partial charge in [0.25, 0.3) is 0 Å². The molecule has 1 N–H and O–H groups in total. The van der Waals surface area contributed by atoms with Crippen LogP contribution in [0.5, 0.6) is 0 Å². The number of nitrogens with zero attached hydrogens (tertiary/aromatic N) is 2. The van der Waals surface area contributed by atoms with Gasteiger partial charge in [-0.05, 0) is 30.5 Å². The molecule has 0 saturated heterocycles. The van der Waals surface area contributed by atoms with Crippen LogP contribution in [0.1, 0.15) is 110 Å². The molecule has 5 heteroatoms. The van der Waals surface area contributed by atoms with E-state index in [0.717, 1.165) is 16.8 Å². The fraction of sp³-hybridized carbons (Fsp3) is 0.731. The minimum absolute atomic E-state index is 0.910. The van der Waals surface area contributed by atoms with E-state index >= 15 is 0 Å². The van der Waals surface area contributed by atoms with E-state index in [0.29, 0.717) is 0 Å². The average molecular weight is 464 g/mol. The predicted molar refractivity (Wildman–Crippen MR) is 144 cm³/mol. The van der Waals surface area contributed by atoms with Gasteiger partial charge in [0.2, 0.25) is 0 Å². The van der Waals surface area contributed by atoms with Gasteiger partial charge in [0.1, 0.15) is 0 Å². The third-order valence-electron chi connectivity index (χ3n) is 5.86. The van der Waals surface area contributed by atoms with Gasteiger partial charge in [0, 0.05) is 6.54 Å². The Morgan fingerprint density at radius 2 is 1.29 bits per heavy atom. The van der Waals surface area contributed by atoms with Crippen molar-refractivity contribution < 1.29 is 0 Å². The van der Waals surface area contributed by atoms with E-state index in [2.05, 4.69) is 46.0 Å². The highest BCUT2D eigenvalue weighted by atomic mass is 32.2. The smallest absolute Gasteiger partial charge is 0.167 e. The molecule has 1 aliphatic rings. The Morgan fingerprint density at radius 3 is 1.84 bits per heavy atom. The quantitative estimate of drug-likeness (QED) is 0.164. The Morgan fingerprint density at radius 1 is 0.774 bits per heavy atom. The summed E-state index contributed by atoms with van der Waals surface area (Å²) in [6.45, 7) is 3.37. The van der Waals surface area contributed by atoms with E-state index in [1.54, 1.807) is 11.9 Å². The van der Waals surface area contributed by atoms with Gasteiger partial charge < -0.3 is 0 Å². The van der Waals surface area contributed by atoms with Gasteiger partial charge in [0.05, 0.1) is 11.6 Å². The molecule has 0 fully saturated rings. The molecule has 0 atom stereocenters. The van der Waals surface area contributed by atoms with E-state index < -0.39 is 0 Å². The summed E-state index contributed by atoms with van der Waals surface area (Å²) in [5, 5.41) is 6.76. The van der Waals surface area contributed by atoms with Gasteiger partial charge in [0.15, 0.2) is 4.38 Å². The van der Waals surface area contributed by atoms with E-state index in [9.17, 15) is 0 Å². The van der Waals surface area contributed by atoms with Crippen LogP contribution in [0.2, 0.25) is 0 Å². The van der Waals surface area contributed by atoms with Crippen molar-refractivity contribution in [2.24, 2.45) is 5.10 Å². The normalized spacial score (nSPS) is 13.7. The van der Waals surface area contributed by atoms with Gasteiger partial charge in [-0.25, -0.2) is 0 Å². The van der Waals surface area contributed by atoms with Crippen molar-refractivity contribution in [2.75, 3.05) is 17.4 Å². The van der Waals surface area contributed by atoms with Crippen molar-refractivity contribution in [2.45, 2.75) is 110 Å². The summed E-state index contributed by atoms with van der Waals surface area (Å²) in [7, 11) is 0. The largest absolute Gasteiger partial charge is 0.258 e. The number of hydrazone groups is 1. The maximum atomic E-state index is 4.69. The second-order valence-corrected chi connectivity index (χ2v) is 10.7. The lowest BCUT2D eigenvalue weighted by Gasteiger charge is -2.11. The number of thioether (sulfide) groups is 1. The maximum Gasteiger partial charge on any atom is 0.167 e. The summed E-state index contributed by atoms with van der Waals surface area (Å²) in [6, 6.07) is 10.4. The lowest BCUT2D eigenvalue weighted by molar-refractivity contribution is 0.529. The summed E-state index contributed by atoms with van der Waals surface area (Å²) >= 11 is 3.50. The van der Waals surface area contributed by atoms with Gasteiger partial charge in [-0.3, -0.25) is 9.73 Å². The second kappa shape index (κ2) is 18.9. The van der Waals surface area contributed by atoms with Gasteiger partial charge in [-0.1, -0.05) is 133 Å². The number of rotatable bonds is 19. The van der Waals surface area contributed by atoms with Crippen molar-refractivity contribution in [3.8, 4) is 0 Å². The van der Waals surface area contributed by atoms with Crippen LogP contribution >= 0.6 is 23.7 Å². The topological polar surface area (TPSA) is 27.6 Å². The number of para-hydroxylation sites is 1. The summed E-state index contributed by atoms with van der Waals surface area (Å²) in [6.07, 6.45) is 22.8. The molecule has 0 aliphatic carbocycles. The number of unbranched alkanes of at least 4 members (excludes halogenated alkanes) is 15. The van der Waals surface area contributed by atoms with Crippen LogP contribution in [0, 0.1) is 0 Å². The van der Waals surface area contributed by atoms with Crippen molar-refractivity contribution in [3.63, 3.8) is 0 Å². The molecule has 0 spiro atoms. The Balaban J connectivity index is 1.29. The summed E-state index contributed by atoms with van der Waals surface area (Å²) < 4.78 is 4.61. The van der Waals surface area contributed by atoms with Crippen LogP contribution in [-0.4, -0.2) is 16.8 Å². The van der Waals surface area contributed by atoms with Crippen LogP contribution in [0.3, 0.4) is 0 Å². The third-order valence-corrected chi connectivity index (χ3v) is 7.77. The molecule has 176 valence electrons.